The van der Waals surface area contributed by atoms with Crippen molar-refractivity contribution in [3.05, 3.63) is 34.4 Å². The van der Waals surface area contributed by atoms with Crippen LogP contribution < -0.4 is 4.74 Å². The zero-order valence-electron chi connectivity index (χ0n) is 18.7. The van der Waals surface area contributed by atoms with Gasteiger partial charge in [0.05, 0.1) is 11.5 Å². The standard InChI is InChI=1S/C28H13NO7/c1-2-3-4-5-6-7-8-9-10-11-12-13-14-15-16-17-27-33-22-26(35-27)23-34-28(30)36-25-20-18-24(19-21-25)29(31)32/h18-21,26-27H,22-23H2,1H3/t26-,27-/m1/s1. The Hall–Kier alpha value is -5.71. The van der Waals surface area contributed by atoms with E-state index in [1.165, 1.54) is 24.3 Å². The zero-order valence-corrected chi connectivity index (χ0v) is 18.7. The molecule has 1 fully saturated rings. The molecule has 1 aromatic rings. The molecule has 1 saturated heterocycles. The van der Waals surface area contributed by atoms with E-state index in [2.05, 4.69) is 94.7 Å². The quantitative estimate of drug-likeness (QED) is 0.216. The number of nitro groups is 1. The van der Waals surface area contributed by atoms with Crippen molar-refractivity contribution in [1.82, 2.24) is 0 Å². The maximum Gasteiger partial charge on any atom is 0.513 e. The molecule has 0 radical (unpaired) electrons. The van der Waals surface area contributed by atoms with E-state index in [4.69, 9.17) is 18.9 Å². The molecule has 8 nitrogen and oxygen atoms in total. The Kier molecular flexibility index (Phi) is 11.8. The van der Waals surface area contributed by atoms with Gasteiger partial charge < -0.3 is 18.9 Å². The van der Waals surface area contributed by atoms with Gasteiger partial charge in [-0.25, -0.2) is 4.79 Å². The van der Waals surface area contributed by atoms with Crippen LogP contribution in [0.2, 0.25) is 0 Å². The largest absolute Gasteiger partial charge is 0.513 e. The van der Waals surface area contributed by atoms with E-state index < -0.39 is 23.5 Å². The van der Waals surface area contributed by atoms with Gasteiger partial charge in [0.25, 0.3) is 5.69 Å². The van der Waals surface area contributed by atoms with Gasteiger partial charge >= 0.3 is 6.16 Å². The highest BCUT2D eigenvalue weighted by Gasteiger charge is 2.26. The van der Waals surface area contributed by atoms with Crippen LogP contribution in [-0.4, -0.2) is 36.7 Å². The number of hydrogen-bond donors (Lipinski definition) is 0. The van der Waals surface area contributed by atoms with E-state index >= 15 is 0 Å². The van der Waals surface area contributed by atoms with Crippen LogP contribution in [0.25, 0.3) is 0 Å². The Morgan fingerprint density at radius 1 is 0.917 bits per heavy atom. The Morgan fingerprint density at radius 3 is 1.97 bits per heavy atom. The second-order valence-electron chi connectivity index (χ2n) is 5.98. The number of carbonyl (C=O) groups is 1. The summed E-state index contributed by atoms with van der Waals surface area (Å²) in [7, 11) is 0. The van der Waals surface area contributed by atoms with Gasteiger partial charge in [0.2, 0.25) is 6.29 Å². The molecule has 1 aromatic carbocycles. The van der Waals surface area contributed by atoms with E-state index in [1.54, 1.807) is 6.92 Å². The molecule has 0 bridgehead atoms. The number of rotatable bonds is 4. The molecule has 0 aromatic heterocycles. The first-order chi connectivity index (χ1) is 17.6. The van der Waals surface area contributed by atoms with Crippen LogP contribution in [0.3, 0.4) is 0 Å². The Balaban J connectivity index is 1.69. The Labute approximate surface area is 208 Å². The predicted octanol–water partition coefficient (Wildman–Crippen LogP) is 1.90. The SMILES string of the molecule is CC#CC#CC#CC#CC#CC#CC#CC#C[C@@H]1OC[C@H](COC(=O)Oc2ccc([N+](=O)[O-])cc2)O1. The van der Waals surface area contributed by atoms with Gasteiger partial charge in [-0.05, 0) is 108 Å². The van der Waals surface area contributed by atoms with Crippen molar-refractivity contribution < 1.29 is 28.7 Å². The minimum absolute atomic E-state index is 0.104. The van der Waals surface area contributed by atoms with E-state index in [0.717, 1.165) is 0 Å². The number of nitro benzene ring substituents is 1. The van der Waals surface area contributed by atoms with Crippen molar-refractivity contribution >= 4 is 11.8 Å². The third kappa shape index (κ3) is 11.2. The fourth-order valence-electron chi connectivity index (χ4n) is 2.07. The summed E-state index contributed by atoms with van der Waals surface area (Å²) < 4.78 is 20.6. The zero-order chi connectivity index (χ0) is 25.8. The van der Waals surface area contributed by atoms with Crippen LogP contribution in [0.5, 0.6) is 5.75 Å². The highest BCUT2D eigenvalue weighted by Crippen LogP contribution is 2.18. The molecule has 0 spiro atoms. The lowest BCUT2D eigenvalue weighted by atomic mass is 10.3. The first-order valence-corrected chi connectivity index (χ1v) is 9.87. The van der Waals surface area contributed by atoms with Crippen LogP contribution in [0.1, 0.15) is 6.92 Å². The summed E-state index contributed by atoms with van der Waals surface area (Å²) in [6, 6.07) is 4.98. The third-order valence-corrected chi connectivity index (χ3v) is 3.51. The first kappa shape index (κ1) is 26.5. The van der Waals surface area contributed by atoms with Crippen LogP contribution in [0.15, 0.2) is 24.3 Å². The lowest BCUT2D eigenvalue weighted by Gasteiger charge is -2.09. The fraction of sp³-hybridized carbons (Fsp3) is 0.179. The normalized spacial score (nSPS) is 13.7. The summed E-state index contributed by atoms with van der Waals surface area (Å²) in [5.41, 5.74) is -0.127. The molecule has 172 valence electrons. The van der Waals surface area contributed by atoms with Crippen molar-refractivity contribution in [1.29, 1.82) is 0 Å². The monoisotopic (exact) mass is 475 g/mol. The van der Waals surface area contributed by atoms with Crippen molar-refractivity contribution in [2.75, 3.05) is 13.2 Å². The number of hydrogen-bond acceptors (Lipinski definition) is 7. The van der Waals surface area contributed by atoms with Gasteiger partial charge in [0.15, 0.2) is 0 Å². The van der Waals surface area contributed by atoms with E-state index in [9.17, 15) is 14.9 Å². The van der Waals surface area contributed by atoms with Crippen molar-refractivity contribution in [2.24, 2.45) is 0 Å². The van der Waals surface area contributed by atoms with Crippen LogP contribution in [0, 0.1) is 105 Å². The highest BCUT2D eigenvalue weighted by atomic mass is 16.8. The average molecular weight is 475 g/mol. The van der Waals surface area contributed by atoms with Gasteiger partial charge in [-0.15, -0.1) is 0 Å². The second-order valence-corrected chi connectivity index (χ2v) is 5.98. The molecule has 0 unspecified atom stereocenters. The minimum Gasteiger partial charge on any atom is -0.431 e. The minimum atomic E-state index is -0.986. The van der Waals surface area contributed by atoms with Gasteiger partial charge in [-0.3, -0.25) is 10.1 Å². The third-order valence-electron chi connectivity index (χ3n) is 3.51. The fourth-order valence-corrected chi connectivity index (χ4v) is 2.07. The maximum atomic E-state index is 11.7. The molecule has 36 heavy (non-hydrogen) atoms. The summed E-state index contributed by atoms with van der Waals surface area (Å²) in [4.78, 5) is 21.8. The Morgan fingerprint density at radius 2 is 1.44 bits per heavy atom. The number of nitrogens with zero attached hydrogens (tertiary/aromatic N) is 1. The second kappa shape index (κ2) is 16.0. The molecule has 1 aliphatic rings. The maximum absolute atomic E-state index is 11.7. The molecule has 0 N–H and O–H groups in total. The molecule has 8 heteroatoms. The molecule has 0 amide bonds. The number of non-ortho nitro benzene ring substituents is 1. The van der Waals surface area contributed by atoms with Crippen molar-refractivity contribution in [3.8, 4) is 100 Å². The smallest absolute Gasteiger partial charge is 0.431 e. The van der Waals surface area contributed by atoms with Gasteiger partial charge in [-0.2, -0.15) is 0 Å². The predicted molar refractivity (Wildman–Crippen MR) is 128 cm³/mol. The lowest BCUT2D eigenvalue weighted by Crippen LogP contribution is -2.23. The lowest BCUT2D eigenvalue weighted by molar-refractivity contribution is -0.384. The van der Waals surface area contributed by atoms with Crippen LogP contribution in [-0.2, 0) is 14.2 Å². The number of carbonyl (C=O) groups excluding carboxylic acids is 1. The van der Waals surface area contributed by atoms with Crippen LogP contribution in [0.4, 0.5) is 10.5 Å². The highest BCUT2D eigenvalue weighted by molar-refractivity contribution is 5.64. The summed E-state index contributed by atoms with van der Waals surface area (Å²) in [5, 5.41) is 10.6. The molecular weight excluding hydrogens is 462 g/mol. The molecule has 0 aliphatic carbocycles. The van der Waals surface area contributed by atoms with E-state index in [1.807, 2.05) is 0 Å². The number of ether oxygens (including phenoxy) is 4. The molecule has 2 rings (SSSR count). The summed E-state index contributed by atoms with van der Waals surface area (Å²) in [6.07, 6.45) is -2.36. The average Bonchev–Trinajstić information content (AvgIpc) is 3.33. The van der Waals surface area contributed by atoms with E-state index in [0.29, 0.717) is 0 Å². The van der Waals surface area contributed by atoms with Crippen LogP contribution >= 0.6 is 0 Å². The van der Waals surface area contributed by atoms with Gasteiger partial charge in [0.1, 0.15) is 18.5 Å². The Bertz CT molecular complexity index is 1500. The van der Waals surface area contributed by atoms with Gasteiger partial charge in [-0.1, -0.05) is 5.92 Å². The van der Waals surface area contributed by atoms with Crippen molar-refractivity contribution in [3.63, 3.8) is 0 Å². The summed E-state index contributed by atoms with van der Waals surface area (Å²) >= 11 is 0. The van der Waals surface area contributed by atoms with Gasteiger partial charge in [0, 0.05) is 12.1 Å². The molecular formula is C28H13NO7. The molecule has 0 saturated carbocycles. The summed E-state index contributed by atoms with van der Waals surface area (Å²) in [6.45, 7) is 1.70. The molecule has 1 aliphatic heterocycles. The summed E-state index contributed by atoms with van der Waals surface area (Å²) in [5.74, 6) is 40.4. The van der Waals surface area contributed by atoms with E-state index in [-0.39, 0.29) is 24.7 Å². The first-order valence-electron chi connectivity index (χ1n) is 9.87. The molecule has 1 heterocycles. The number of benzene rings is 1. The molecule has 2 atom stereocenters. The van der Waals surface area contributed by atoms with Crippen molar-refractivity contribution in [2.45, 2.75) is 19.3 Å². The topological polar surface area (TPSA) is 97.1 Å².